The van der Waals surface area contributed by atoms with E-state index in [2.05, 4.69) is 31.0 Å². The van der Waals surface area contributed by atoms with Crippen LogP contribution in [0.2, 0.25) is 0 Å². The second kappa shape index (κ2) is 6.31. The highest BCUT2D eigenvalue weighted by Crippen LogP contribution is 2.36. The molecule has 2 aliphatic heterocycles. The number of amides is 1. The number of carbonyl (C=O) groups excluding carboxylic acids is 1. The van der Waals surface area contributed by atoms with Gasteiger partial charge in [-0.3, -0.25) is 9.79 Å². The van der Waals surface area contributed by atoms with Crippen molar-refractivity contribution in [1.82, 2.24) is 10.2 Å². The maximum absolute atomic E-state index is 12.4. The molecule has 1 atom stereocenters. The Hall–Kier alpha value is -0.900. The average Bonchev–Trinajstić information content (AvgIpc) is 3.24. The molecular formula is C18H31N3O. The van der Waals surface area contributed by atoms with Crippen LogP contribution in [0.3, 0.4) is 0 Å². The zero-order valence-electron chi connectivity index (χ0n) is 14.4. The largest absolute Gasteiger partial charge is 0.312 e. The topological polar surface area (TPSA) is 44.7 Å². The number of nitrogens with one attached hydrogen (secondary N) is 1. The van der Waals surface area contributed by atoms with Gasteiger partial charge in [0.15, 0.2) is 0 Å². The fourth-order valence-corrected chi connectivity index (χ4v) is 3.71. The van der Waals surface area contributed by atoms with E-state index in [4.69, 9.17) is 4.99 Å². The predicted molar refractivity (Wildman–Crippen MR) is 90.0 cm³/mol. The van der Waals surface area contributed by atoms with E-state index in [1.54, 1.807) is 0 Å². The van der Waals surface area contributed by atoms with E-state index in [-0.39, 0.29) is 5.91 Å². The van der Waals surface area contributed by atoms with Gasteiger partial charge < -0.3 is 10.2 Å². The van der Waals surface area contributed by atoms with Gasteiger partial charge in [0.1, 0.15) is 11.4 Å². The minimum Gasteiger partial charge on any atom is -0.312 e. The van der Waals surface area contributed by atoms with Crippen LogP contribution in [0.15, 0.2) is 4.99 Å². The third-order valence-corrected chi connectivity index (χ3v) is 5.62. The van der Waals surface area contributed by atoms with E-state index < -0.39 is 5.54 Å². The first-order valence-corrected chi connectivity index (χ1v) is 9.13. The first-order valence-electron chi connectivity index (χ1n) is 9.13. The summed E-state index contributed by atoms with van der Waals surface area (Å²) >= 11 is 0. The van der Waals surface area contributed by atoms with Crippen molar-refractivity contribution in [2.75, 3.05) is 13.1 Å². The first-order chi connectivity index (χ1) is 10.5. The zero-order chi connectivity index (χ0) is 15.7. The lowest BCUT2D eigenvalue weighted by atomic mass is 9.87. The number of likely N-dealkylation sites (tertiary alicyclic amines) is 1. The van der Waals surface area contributed by atoms with Crippen molar-refractivity contribution < 1.29 is 4.79 Å². The molecule has 4 nitrogen and oxygen atoms in total. The van der Waals surface area contributed by atoms with Gasteiger partial charge in [0.25, 0.3) is 5.91 Å². The van der Waals surface area contributed by atoms with E-state index in [1.165, 1.54) is 25.7 Å². The van der Waals surface area contributed by atoms with Crippen molar-refractivity contribution >= 4 is 11.7 Å². The SMILES string of the molecule is CC(C)CC[C@H](C)N1CCC2(CC1)N=C(CC1CC1)NC2=O. The summed E-state index contributed by atoms with van der Waals surface area (Å²) < 4.78 is 0. The highest BCUT2D eigenvalue weighted by atomic mass is 16.2. The Balaban J connectivity index is 1.53. The van der Waals surface area contributed by atoms with Crippen molar-refractivity contribution in [3.63, 3.8) is 0 Å². The van der Waals surface area contributed by atoms with E-state index in [1.807, 2.05) is 0 Å². The molecular weight excluding hydrogens is 274 g/mol. The fraction of sp³-hybridized carbons (Fsp3) is 0.889. The van der Waals surface area contributed by atoms with Gasteiger partial charge in [0, 0.05) is 25.6 Å². The number of rotatable bonds is 6. The molecule has 2 heterocycles. The summed E-state index contributed by atoms with van der Waals surface area (Å²) in [6.45, 7) is 8.92. The molecule has 1 amide bonds. The molecule has 3 aliphatic rings. The monoisotopic (exact) mass is 305 g/mol. The highest BCUT2D eigenvalue weighted by Gasteiger charge is 2.46. The van der Waals surface area contributed by atoms with Crippen LogP contribution in [0.4, 0.5) is 0 Å². The van der Waals surface area contributed by atoms with Gasteiger partial charge in [0.05, 0.1) is 0 Å². The van der Waals surface area contributed by atoms with Gasteiger partial charge in [0.2, 0.25) is 0 Å². The highest BCUT2D eigenvalue weighted by molar-refractivity contribution is 6.08. The first kappa shape index (κ1) is 16.0. The molecule has 1 spiro atoms. The molecule has 0 unspecified atom stereocenters. The lowest BCUT2D eigenvalue weighted by molar-refractivity contribution is -0.125. The Bertz CT molecular complexity index is 445. The third-order valence-electron chi connectivity index (χ3n) is 5.62. The molecule has 1 saturated carbocycles. The van der Waals surface area contributed by atoms with E-state index in [0.717, 1.165) is 50.0 Å². The Morgan fingerprint density at radius 3 is 2.50 bits per heavy atom. The fourth-order valence-electron chi connectivity index (χ4n) is 3.71. The molecule has 0 aromatic carbocycles. The molecule has 22 heavy (non-hydrogen) atoms. The minimum absolute atomic E-state index is 0.164. The van der Waals surface area contributed by atoms with E-state index in [9.17, 15) is 4.79 Å². The van der Waals surface area contributed by atoms with Crippen LogP contribution < -0.4 is 5.32 Å². The van der Waals surface area contributed by atoms with Crippen molar-refractivity contribution in [2.24, 2.45) is 16.8 Å². The average molecular weight is 305 g/mol. The summed E-state index contributed by atoms with van der Waals surface area (Å²) in [5.41, 5.74) is -0.432. The van der Waals surface area contributed by atoms with Gasteiger partial charge in [-0.1, -0.05) is 13.8 Å². The molecule has 1 saturated heterocycles. The maximum atomic E-state index is 12.4. The second-order valence-electron chi connectivity index (χ2n) is 8.05. The molecule has 2 fully saturated rings. The Morgan fingerprint density at radius 2 is 1.91 bits per heavy atom. The van der Waals surface area contributed by atoms with Crippen molar-refractivity contribution in [2.45, 2.75) is 77.3 Å². The van der Waals surface area contributed by atoms with Crippen LogP contribution >= 0.6 is 0 Å². The molecule has 0 aromatic heterocycles. The van der Waals surface area contributed by atoms with Gasteiger partial charge in [-0.15, -0.1) is 0 Å². The summed E-state index contributed by atoms with van der Waals surface area (Å²) in [6, 6.07) is 0.624. The molecule has 4 heteroatoms. The standard InChI is InChI=1S/C18H31N3O/c1-13(2)4-5-14(3)21-10-8-18(9-11-21)17(22)19-16(20-18)12-15-6-7-15/h13-15H,4-12H2,1-3H3,(H,19,20,22)/t14-/m0/s1. The lowest BCUT2D eigenvalue weighted by Crippen LogP contribution is -2.51. The second-order valence-corrected chi connectivity index (χ2v) is 8.05. The molecule has 0 aromatic rings. The molecule has 1 aliphatic carbocycles. The Kier molecular flexibility index (Phi) is 4.58. The minimum atomic E-state index is -0.432. The van der Waals surface area contributed by atoms with E-state index in [0.29, 0.717) is 6.04 Å². The van der Waals surface area contributed by atoms with Gasteiger partial charge in [-0.2, -0.15) is 0 Å². The third kappa shape index (κ3) is 3.53. The lowest BCUT2D eigenvalue weighted by Gasteiger charge is -2.39. The van der Waals surface area contributed by atoms with Gasteiger partial charge in [-0.05, 0) is 57.3 Å². The van der Waals surface area contributed by atoms with Crippen LogP contribution in [-0.2, 0) is 4.79 Å². The normalized spacial score (nSPS) is 26.4. The Labute approximate surface area is 134 Å². The molecule has 0 radical (unpaired) electrons. The maximum Gasteiger partial charge on any atom is 0.253 e. The summed E-state index contributed by atoms with van der Waals surface area (Å²) in [4.78, 5) is 19.8. The number of piperidine rings is 1. The van der Waals surface area contributed by atoms with Gasteiger partial charge >= 0.3 is 0 Å². The number of amidine groups is 1. The molecule has 0 bridgehead atoms. The van der Waals surface area contributed by atoms with Crippen LogP contribution in [0, 0.1) is 11.8 Å². The summed E-state index contributed by atoms with van der Waals surface area (Å²) in [6.07, 6.45) is 7.92. The Morgan fingerprint density at radius 1 is 1.23 bits per heavy atom. The number of aliphatic imine (C=N–C) groups is 1. The van der Waals surface area contributed by atoms with Crippen LogP contribution in [0.25, 0.3) is 0 Å². The predicted octanol–water partition coefficient (Wildman–Crippen LogP) is 2.97. The summed E-state index contributed by atoms with van der Waals surface area (Å²) in [7, 11) is 0. The van der Waals surface area contributed by atoms with Crippen molar-refractivity contribution in [1.29, 1.82) is 0 Å². The summed E-state index contributed by atoms with van der Waals surface area (Å²) in [5, 5.41) is 3.06. The van der Waals surface area contributed by atoms with Crippen LogP contribution in [0.1, 0.15) is 65.7 Å². The summed E-state index contributed by atoms with van der Waals surface area (Å²) in [5.74, 6) is 2.69. The van der Waals surface area contributed by atoms with Crippen LogP contribution in [-0.4, -0.2) is 41.3 Å². The number of hydrogen-bond acceptors (Lipinski definition) is 3. The quantitative estimate of drug-likeness (QED) is 0.820. The van der Waals surface area contributed by atoms with E-state index >= 15 is 0 Å². The number of carbonyl (C=O) groups is 1. The van der Waals surface area contributed by atoms with Gasteiger partial charge in [-0.25, -0.2) is 0 Å². The molecule has 1 N–H and O–H groups in total. The van der Waals surface area contributed by atoms with Crippen molar-refractivity contribution in [3.05, 3.63) is 0 Å². The molecule has 124 valence electrons. The number of hydrogen-bond donors (Lipinski definition) is 1. The smallest absolute Gasteiger partial charge is 0.253 e. The van der Waals surface area contributed by atoms with Crippen molar-refractivity contribution in [3.8, 4) is 0 Å². The zero-order valence-corrected chi connectivity index (χ0v) is 14.4. The van der Waals surface area contributed by atoms with Crippen LogP contribution in [0.5, 0.6) is 0 Å². The molecule has 3 rings (SSSR count). The number of nitrogens with zero attached hydrogens (tertiary/aromatic N) is 2.